The summed E-state index contributed by atoms with van der Waals surface area (Å²) in [4.78, 5) is 4.45. The summed E-state index contributed by atoms with van der Waals surface area (Å²) in [6, 6.07) is 16.9. The summed E-state index contributed by atoms with van der Waals surface area (Å²) in [5, 5.41) is 25.6. The molecule has 3 N–H and O–H groups in total. The van der Waals surface area contributed by atoms with Crippen molar-refractivity contribution in [3.63, 3.8) is 0 Å². The average molecular weight is 441 g/mol. The summed E-state index contributed by atoms with van der Waals surface area (Å²) in [5.41, 5.74) is 1.08. The highest BCUT2D eigenvalue weighted by atomic mass is 16.5. The first-order chi connectivity index (χ1) is 15.5. The quantitative estimate of drug-likeness (QED) is 0.252. The minimum absolute atomic E-state index is 0.313. The van der Waals surface area contributed by atoms with Crippen LogP contribution in [0.5, 0.6) is 5.75 Å². The fourth-order valence-corrected chi connectivity index (χ4v) is 2.98. The lowest BCUT2D eigenvalue weighted by atomic mass is 9.86. The van der Waals surface area contributed by atoms with Crippen LogP contribution < -0.4 is 15.4 Å². The number of fused-ring (bicyclic) bond motifs is 1. The van der Waals surface area contributed by atoms with E-state index in [4.69, 9.17) is 10.00 Å². The standard InChI is InChI=1S/C20H22N4O2.3C2H6/c1-20(2)18(25)17(15-10-6-7-11-16(15)26-20)24-19(23-13-21)22-12-14-8-4-3-5-9-14;3*1-2/h3-11,17-18,25H,12H2,1-2H3,(H2,22,23,24);3*1-2H3. The van der Waals surface area contributed by atoms with Crippen molar-refractivity contribution in [1.82, 2.24) is 10.6 Å². The number of guanidine groups is 1. The minimum Gasteiger partial charge on any atom is -0.485 e. The molecule has 2 aromatic rings. The zero-order chi connectivity index (χ0) is 24.6. The number of hydrogen-bond acceptors (Lipinski definition) is 4. The molecule has 0 radical (unpaired) electrons. The average Bonchev–Trinajstić information content (AvgIpc) is 2.84. The number of aliphatic imine (C=N–C) groups is 1. The number of para-hydroxylation sites is 1. The van der Waals surface area contributed by atoms with Gasteiger partial charge in [-0.3, -0.25) is 5.32 Å². The van der Waals surface area contributed by atoms with Crippen molar-refractivity contribution in [1.29, 1.82) is 5.26 Å². The van der Waals surface area contributed by atoms with E-state index in [9.17, 15) is 5.11 Å². The molecule has 2 unspecified atom stereocenters. The molecule has 1 aliphatic rings. The normalized spacial score (nSPS) is 17.7. The largest absolute Gasteiger partial charge is 0.485 e. The molecule has 2 atom stereocenters. The zero-order valence-corrected chi connectivity index (χ0v) is 20.8. The van der Waals surface area contributed by atoms with Gasteiger partial charge in [-0.05, 0) is 25.5 Å². The third kappa shape index (κ3) is 8.24. The highest BCUT2D eigenvalue weighted by Crippen LogP contribution is 2.39. The molecule has 0 amide bonds. The van der Waals surface area contributed by atoms with Crippen LogP contribution in [-0.2, 0) is 6.54 Å². The van der Waals surface area contributed by atoms with Gasteiger partial charge >= 0.3 is 0 Å². The maximum atomic E-state index is 10.8. The van der Waals surface area contributed by atoms with Crippen molar-refractivity contribution >= 4 is 5.96 Å². The molecule has 2 aromatic carbocycles. The highest BCUT2D eigenvalue weighted by molar-refractivity contribution is 5.82. The number of nitrogens with one attached hydrogen (secondary N) is 2. The molecule has 1 aliphatic heterocycles. The second-order valence-electron chi connectivity index (χ2n) is 6.70. The molecule has 176 valence electrons. The number of nitrogens with zero attached hydrogens (tertiary/aromatic N) is 2. The van der Waals surface area contributed by atoms with Crippen LogP contribution in [0.2, 0.25) is 0 Å². The lowest BCUT2D eigenvalue weighted by molar-refractivity contribution is -0.0611. The Morgan fingerprint density at radius 2 is 1.56 bits per heavy atom. The Kier molecular flexibility index (Phi) is 14.2. The van der Waals surface area contributed by atoms with Gasteiger partial charge in [0.1, 0.15) is 17.5 Å². The van der Waals surface area contributed by atoms with Crippen LogP contribution in [-0.4, -0.2) is 22.8 Å². The summed E-state index contributed by atoms with van der Waals surface area (Å²) in [7, 11) is 0. The number of hydrogen-bond donors (Lipinski definition) is 3. The van der Waals surface area contributed by atoms with Gasteiger partial charge in [-0.15, -0.1) is 0 Å². The molecule has 0 saturated heterocycles. The van der Waals surface area contributed by atoms with E-state index in [2.05, 4.69) is 15.6 Å². The molecule has 0 bridgehead atoms. The van der Waals surface area contributed by atoms with Gasteiger partial charge < -0.3 is 15.2 Å². The van der Waals surface area contributed by atoms with E-state index in [1.54, 1.807) is 0 Å². The number of aliphatic hydroxyl groups excluding tert-OH is 1. The Morgan fingerprint density at radius 1 is 1.00 bits per heavy atom. The third-order valence-electron chi connectivity index (χ3n) is 4.38. The molecular weight excluding hydrogens is 400 g/mol. The Balaban J connectivity index is 0.00000148. The number of aliphatic hydroxyl groups is 1. The molecule has 0 saturated carbocycles. The predicted molar refractivity (Wildman–Crippen MR) is 133 cm³/mol. The van der Waals surface area contributed by atoms with E-state index in [-0.39, 0.29) is 0 Å². The molecule has 6 nitrogen and oxygen atoms in total. The molecular formula is C26H40N4O2. The van der Waals surface area contributed by atoms with Gasteiger partial charge in [-0.25, -0.2) is 4.99 Å². The Labute approximate surface area is 194 Å². The van der Waals surface area contributed by atoms with E-state index in [0.29, 0.717) is 18.3 Å². The minimum atomic E-state index is -0.820. The summed E-state index contributed by atoms with van der Waals surface area (Å²) in [6.07, 6.45) is 1.08. The summed E-state index contributed by atoms with van der Waals surface area (Å²) >= 11 is 0. The predicted octanol–water partition coefficient (Wildman–Crippen LogP) is 5.55. The molecule has 1 heterocycles. The second-order valence-corrected chi connectivity index (χ2v) is 6.70. The second kappa shape index (κ2) is 15.7. The van der Waals surface area contributed by atoms with Crippen LogP contribution in [0.1, 0.15) is 72.6 Å². The monoisotopic (exact) mass is 440 g/mol. The van der Waals surface area contributed by atoms with E-state index in [0.717, 1.165) is 11.1 Å². The maximum Gasteiger partial charge on any atom is 0.205 e. The van der Waals surface area contributed by atoms with Crippen molar-refractivity contribution in [2.24, 2.45) is 4.99 Å². The number of rotatable bonds is 3. The Hall–Kier alpha value is -3.04. The van der Waals surface area contributed by atoms with Crippen molar-refractivity contribution < 1.29 is 9.84 Å². The SMILES string of the molecule is CC.CC.CC.CC1(C)Oc2ccccc2C(NC(=NCc2ccccc2)NC#N)C1O. The third-order valence-corrected chi connectivity index (χ3v) is 4.38. The van der Waals surface area contributed by atoms with Crippen molar-refractivity contribution in [3.8, 4) is 11.9 Å². The van der Waals surface area contributed by atoms with Crippen molar-refractivity contribution in [3.05, 3.63) is 65.7 Å². The first-order valence-electron chi connectivity index (χ1n) is 11.5. The molecule has 0 aliphatic carbocycles. The lowest BCUT2D eigenvalue weighted by Gasteiger charge is -2.42. The topological polar surface area (TPSA) is 89.7 Å². The van der Waals surface area contributed by atoms with Crippen LogP contribution in [0, 0.1) is 11.5 Å². The van der Waals surface area contributed by atoms with E-state index < -0.39 is 17.7 Å². The summed E-state index contributed by atoms with van der Waals surface area (Å²) in [5.74, 6) is 1.02. The number of nitriles is 1. The van der Waals surface area contributed by atoms with Crippen molar-refractivity contribution in [2.45, 2.75) is 79.7 Å². The van der Waals surface area contributed by atoms with Crippen LogP contribution in [0.3, 0.4) is 0 Å². The van der Waals surface area contributed by atoms with Crippen LogP contribution in [0.25, 0.3) is 0 Å². The van der Waals surface area contributed by atoms with Gasteiger partial charge in [-0.2, -0.15) is 5.26 Å². The molecule has 6 heteroatoms. The van der Waals surface area contributed by atoms with E-state index in [1.807, 2.05) is 116 Å². The molecule has 3 rings (SSSR count). The fraction of sp³-hybridized carbons (Fsp3) is 0.462. The zero-order valence-electron chi connectivity index (χ0n) is 20.8. The first kappa shape index (κ1) is 29.0. The smallest absolute Gasteiger partial charge is 0.205 e. The maximum absolute atomic E-state index is 10.8. The Morgan fingerprint density at radius 3 is 2.16 bits per heavy atom. The van der Waals surface area contributed by atoms with Crippen molar-refractivity contribution in [2.75, 3.05) is 0 Å². The van der Waals surface area contributed by atoms with Crippen LogP contribution >= 0.6 is 0 Å². The first-order valence-corrected chi connectivity index (χ1v) is 11.5. The molecule has 0 aromatic heterocycles. The van der Waals surface area contributed by atoms with Gasteiger partial charge in [0, 0.05) is 5.56 Å². The summed E-state index contributed by atoms with van der Waals surface area (Å²) in [6.45, 7) is 16.1. The lowest BCUT2D eigenvalue weighted by Crippen LogP contribution is -2.54. The van der Waals surface area contributed by atoms with Gasteiger partial charge in [0.25, 0.3) is 0 Å². The van der Waals surface area contributed by atoms with E-state index >= 15 is 0 Å². The molecule has 32 heavy (non-hydrogen) atoms. The molecule has 0 spiro atoms. The fourth-order valence-electron chi connectivity index (χ4n) is 2.98. The van der Waals surface area contributed by atoms with Crippen LogP contribution in [0.15, 0.2) is 59.6 Å². The number of ether oxygens (including phenoxy) is 1. The van der Waals surface area contributed by atoms with Gasteiger partial charge in [0.15, 0.2) is 6.19 Å². The van der Waals surface area contributed by atoms with Gasteiger partial charge in [0.05, 0.1) is 12.6 Å². The molecule has 0 fully saturated rings. The summed E-state index contributed by atoms with van der Waals surface area (Å²) < 4.78 is 5.92. The van der Waals surface area contributed by atoms with Crippen LogP contribution in [0.4, 0.5) is 0 Å². The van der Waals surface area contributed by atoms with E-state index in [1.165, 1.54) is 0 Å². The van der Waals surface area contributed by atoms with Gasteiger partial charge in [0.2, 0.25) is 5.96 Å². The Bertz CT molecular complexity index is 829. The number of benzene rings is 2. The highest BCUT2D eigenvalue weighted by Gasteiger charge is 2.43. The van der Waals surface area contributed by atoms with Gasteiger partial charge in [-0.1, -0.05) is 90.1 Å².